The average molecular weight is 521 g/mol. The number of aliphatic hydroxyl groups is 2. The van der Waals surface area contributed by atoms with Crippen LogP contribution >= 0.6 is 11.8 Å². The van der Waals surface area contributed by atoms with Crippen molar-refractivity contribution < 1.29 is 32.8 Å². The van der Waals surface area contributed by atoms with E-state index in [1.165, 1.54) is 12.1 Å². The highest BCUT2D eigenvalue weighted by atomic mass is 32.2. The van der Waals surface area contributed by atoms with Gasteiger partial charge >= 0.3 is 0 Å². The maximum absolute atomic E-state index is 13.4. The van der Waals surface area contributed by atoms with Gasteiger partial charge in [-0.1, -0.05) is 0 Å². The van der Waals surface area contributed by atoms with Crippen molar-refractivity contribution in [3.63, 3.8) is 0 Å². The van der Waals surface area contributed by atoms with Gasteiger partial charge in [0, 0.05) is 29.1 Å². The molecule has 1 fully saturated rings. The molecule has 2 aliphatic rings. The topological polar surface area (TPSA) is 102 Å². The fourth-order valence-electron chi connectivity index (χ4n) is 4.51. The molecule has 190 valence electrons. The summed E-state index contributed by atoms with van der Waals surface area (Å²) in [7, 11) is -2.29. The lowest BCUT2D eigenvalue weighted by Gasteiger charge is -2.22. The van der Waals surface area contributed by atoms with Crippen LogP contribution in [0.3, 0.4) is 0 Å². The summed E-state index contributed by atoms with van der Waals surface area (Å²) in [5.41, 5.74) is 0.454. The number of hydrogen-bond acceptors (Lipinski definition) is 8. The largest absolute Gasteiger partial charge is 0.498 e. The lowest BCUT2D eigenvalue weighted by Crippen LogP contribution is -2.13. The SMILES string of the molecule is CCOC1=CCCC2(Sc3ccc(S(=O)(=O)c4cc(CC(O)O)cc(OCCOC)c4)cc3)CC12. The predicted octanol–water partition coefficient (Wildman–Crippen LogP) is 3.96. The van der Waals surface area contributed by atoms with Gasteiger partial charge in [-0.2, -0.15) is 0 Å². The van der Waals surface area contributed by atoms with E-state index >= 15 is 0 Å². The van der Waals surface area contributed by atoms with Crippen LogP contribution in [0.25, 0.3) is 0 Å². The first-order valence-corrected chi connectivity index (χ1v) is 14.1. The minimum atomic E-state index is -3.83. The molecule has 0 saturated heterocycles. The third kappa shape index (κ3) is 6.03. The number of hydrogen-bond donors (Lipinski definition) is 2. The average Bonchev–Trinajstić information content (AvgIpc) is 3.54. The Balaban J connectivity index is 1.53. The van der Waals surface area contributed by atoms with E-state index in [0.29, 0.717) is 30.4 Å². The molecule has 0 aliphatic heterocycles. The standard InChI is InChI=1S/C26H32O7S2/c1-3-32-24-5-4-10-26(17-23(24)26)34-20-6-8-21(9-7-20)35(29,30)22-14-18(15-25(27)28)13-19(16-22)33-12-11-31-2/h5-9,13-14,16,23,25,27-28H,3-4,10-12,15,17H2,1-2H3. The quantitative estimate of drug-likeness (QED) is 0.320. The van der Waals surface area contributed by atoms with E-state index < -0.39 is 16.1 Å². The summed E-state index contributed by atoms with van der Waals surface area (Å²) in [6.07, 6.45) is 3.67. The Morgan fingerprint density at radius 1 is 1.09 bits per heavy atom. The van der Waals surface area contributed by atoms with Crippen molar-refractivity contribution in [3.8, 4) is 5.75 Å². The van der Waals surface area contributed by atoms with Gasteiger partial charge in [-0.05, 0) is 80.3 Å². The van der Waals surface area contributed by atoms with E-state index in [9.17, 15) is 18.6 Å². The van der Waals surface area contributed by atoms with Gasteiger partial charge in [-0.3, -0.25) is 0 Å². The lowest BCUT2D eigenvalue weighted by molar-refractivity contribution is -0.0382. The number of allylic oxidation sites excluding steroid dienone is 2. The van der Waals surface area contributed by atoms with Gasteiger partial charge in [0.1, 0.15) is 12.4 Å². The third-order valence-corrected chi connectivity index (χ3v) is 9.59. The molecule has 0 aromatic heterocycles. The number of benzene rings is 2. The van der Waals surface area contributed by atoms with E-state index in [4.69, 9.17) is 14.2 Å². The van der Waals surface area contributed by atoms with E-state index in [2.05, 4.69) is 6.08 Å². The molecule has 2 N–H and O–H groups in total. The number of sulfone groups is 1. The second kappa shape index (κ2) is 10.9. The minimum Gasteiger partial charge on any atom is -0.498 e. The summed E-state index contributed by atoms with van der Waals surface area (Å²) in [6.45, 7) is 3.27. The van der Waals surface area contributed by atoms with Crippen molar-refractivity contribution in [2.45, 2.75) is 58.3 Å². The number of fused-ring (bicyclic) bond motifs is 1. The van der Waals surface area contributed by atoms with Crippen molar-refractivity contribution >= 4 is 21.6 Å². The smallest absolute Gasteiger partial charge is 0.206 e. The molecule has 9 heteroatoms. The molecule has 0 spiro atoms. The van der Waals surface area contributed by atoms with Crippen molar-refractivity contribution in [1.29, 1.82) is 0 Å². The summed E-state index contributed by atoms with van der Waals surface area (Å²) < 4.78 is 43.4. The van der Waals surface area contributed by atoms with Crippen molar-refractivity contribution in [3.05, 3.63) is 59.9 Å². The van der Waals surface area contributed by atoms with Gasteiger partial charge in [0.2, 0.25) is 9.84 Å². The first-order valence-electron chi connectivity index (χ1n) is 11.8. The third-order valence-electron chi connectivity index (χ3n) is 6.27. The molecule has 4 rings (SSSR count). The van der Waals surface area contributed by atoms with Crippen LogP contribution in [0, 0.1) is 5.92 Å². The van der Waals surface area contributed by atoms with Crippen LogP contribution in [0.1, 0.15) is 31.7 Å². The number of thioether (sulfide) groups is 1. The molecular weight excluding hydrogens is 488 g/mol. The second-order valence-electron chi connectivity index (χ2n) is 8.82. The van der Waals surface area contributed by atoms with Crippen molar-refractivity contribution in [2.24, 2.45) is 5.92 Å². The first-order chi connectivity index (χ1) is 16.8. The fourth-order valence-corrected chi connectivity index (χ4v) is 7.33. The monoisotopic (exact) mass is 520 g/mol. The summed E-state index contributed by atoms with van der Waals surface area (Å²) in [5, 5.41) is 18.8. The van der Waals surface area contributed by atoms with E-state index in [1.807, 2.05) is 19.1 Å². The van der Waals surface area contributed by atoms with Crippen LogP contribution in [-0.4, -0.2) is 56.6 Å². The Kier molecular flexibility index (Phi) is 8.12. The molecular formula is C26H32O7S2. The molecule has 0 radical (unpaired) electrons. The van der Waals surface area contributed by atoms with Gasteiger partial charge in [-0.15, -0.1) is 11.8 Å². The maximum atomic E-state index is 13.4. The zero-order valence-electron chi connectivity index (χ0n) is 20.0. The summed E-state index contributed by atoms with van der Waals surface area (Å²) in [4.78, 5) is 1.25. The highest BCUT2D eigenvalue weighted by molar-refractivity contribution is 8.01. The lowest BCUT2D eigenvalue weighted by atomic mass is 10.1. The highest BCUT2D eigenvalue weighted by Crippen LogP contribution is 2.64. The zero-order valence-corrected chi connectivity index (χ0v) is 21.6. The van der Waals surface area contributed by atoms with E-state index in [0.717, 1.165) is 29.9 Å². The van der Waals surface area contributed by atoms with Crippen LogP contribution in [-0.2, 0) is 25.7 Å². The Bertz CT molecular complexity index is 1160. The molecule has 1 saturated carbocycles. The molecule has 0 amide bonds. The molecule has 2 atom stereocenters. The summed E-state index contributed by atoms with van der Waals surface area (Å²) in [6, 6.07) is 11.5. The minimum absolute atomic E-state index is 0.0445. The van der Waals surface area contributed by atoms with Gasteiger partial charge in [0.05, 0.1) is 28.8 Å². The predicted molar refractivity (Wildman–Crippen MR) is 133 cm³/mol. The normalized spacial score (nSPS) is 21.4. The molecule has 2 aromatic carbocycles. The van der Waals surface area contributed by atoms with Crippen molar-refractivity contribution in [2.75, 3.05) is 26.9 Å². The number of rotatable bonds is 12. The molecule has 35 heavy (non-hydrogen) atoms. The Hall–Kier alpha value is -2.04. The molecule has 0 heterocycles. The Labute approximate surface area is 211 Å². The highest BCUT2D eigenvalue weighted by Gasteiger charge is 2.58. The molecule has 2 unspecified atom stereocenters. The Morgan fingerprint density at radius 3 is 2.54 bits per heavy atom. The Morgan fingerprint density at radius 2 is 1.86 bits per heavy atom. The van der Waals surface area contributed by atoms with Crippen molar-refractivity contribution in [1.82, 2.24) is 0 Å². The first kappa shape index (κ1) is 26.0. The molecule has 0 bridgehead atoms. The van der Waals surface area contributed by atoms with Crippen LogP contribution in [0.15, 0.2) is 69.0 Å². The van der Waals surface area contributed by atoms with Crippen LogP contribution in [0.5, 0.6) is 5.75 Å². The van der Waals surface area contributed by atoms with Gasteiger partial charge in [0.25, 0.3) is 0 Å². The second-order valence-corrected chi connectivity index (χ2v) is 12.3. The maximum Gasteiger partial charge on any atom is 0.206 e. The van der Waals surface area contributed by atoms with Gasteiger partial charge in [0.15, 0.2) is 6.29 Å². The summed E-state index contributed by atoms with van der Waals surface area (Å²) >= 11 is 1.81. The molecule has 2 aliphatic carbocycles. The summed E-state index contributed by atoms with van der Waals surface area (Å²) in [5.74, 6) is 1.87. The zero-order chi connectivity index (χ0) is 25.1. The number of ether oxygens (including phenoxy) is 3. The van der Waals surface area contributed by atoms with Crippen LogP contribution < -0.4 is 4.74 Å². The fraction of sp³-hybridized carbons (Fsp3) is 0.462. The number of methoxy groups -OCH3 is 1. The molecule has 2 aromatic rings. The van der Waals surface area contributed by atoms with Gasteiger partial charge in [-0.25, -0.2) is 8.42 Å². The van der Waals surface area contributed by atoms with Crippen LogP contribution in [0.4, 0.5) is 0 Å². The van der Waals surface area contributed by atoms with Crippen LogP contribution in [0.2, 0.25) is 0 Å². The van der Waals surface area contributed by atoms with Gasteiger partial charge < -0.3 is 24.4 Å². The molecule has 7 nitrogen and oxygen atoms in total. The van der Waals surface area contributed by atoms with E-state index in [1.54, 1.807) is 37.1 Å². The van der Waals surface area contributed by atoms with E-state index in [-0.39, 0.29) is 27.6 Å². The number of aliphatic hydroxyl groups excluding tert-OH is 1.